The number of nitrogens with zero attached hydrogens (tertiary/aromatic N) is 2. The average Bonchev–Trinajstić information content (AvgIpc) is 3.37. The van der Waals surface area contributed by atoms with Crippen molar-refractivity contribution in [1.82, 2.24) is 10.2 Å². The maximum absolute atomic E-state index is 12.6. The van der Waals surface area contributed by atoms with Gasteiger partial charge in [-0.05, 0) is 53.8 Å². The normalized spacial score (nSPS) is 11.2. The molecular weight excluding hydrogens is 440 g/mol. The number of aromatic nitrogens is 2. The van der Waals surface area contributed by atoms with Gasteiger partial charge in [0.25, 0.3) is 5.89 Å². The van der Waals surface area contributed by atoms with Crippen LogP contribution in [-0.2, 0) is 6.42 Å². The van der Waals surface area contributed by atoms with Crippen molar-refractivity contribution in [3.63, 3.8) is 0 Å². The minimum atomic E-state index is -0.595. The van der Waals surface area contributed by atoms with Gasteiger partial charge in [0.15, 0.2) is 0 Å². The lowest BCUT2D eigenvalue weighted by molar-refractivity contribution is 0.464. The first kappa shape index (κ1) is 22.6. The van der Waals surface area contributed by atoms with Gasteiger partial charge in [-0.15, -0.1) is 10.2 Å². The predicted octanol–water partition coefficient (Wildman–Crippen LogP) is 7.01. The van der Waals surface area contributed by atoms with Crippen molar-refractivity contribution in [2.24, 2.45) is 0 Å². The Bertz CT molecular complexity index is 1500. The summed E-state index contributed by atoms with van der Waals surface area (Å²) >= 11 is 0. The van der Waals surface area contributed by atoms with Crippen LogP contribution >= 0.6 is 0 Å². The molecule has 0 bridgehead atoms. The number of unbranched alkanes of at least 4 members (excludes halogenated alkanes) is 3. The summed E-state index contributed by atoms with van der Waals surface area (Å²) < 4.78 is 11.3. The molecule has 5 rings (SSSR count). The number of hydrogen-bond donors (Lipinski definition) is 1. The fourth-order valence-corrected chi connectivity index (χ4v) is 4.18. The molecule has 6 heteroatoms. The van der Waals surface area contributed by atoms with Crippen molar-refractivity contribution < 1.29 is 13.9 Å². The lowest BCUT2D eigenvalue weighted by atomic mass is 10.0. The van der Waals surface area contributed by atoms with Crippen LogP contribution in [0.1, 0.15) is 38.2 Å². The summed E-state index contributed by atoms with van der Waals surface area (Å²) in [6.45, 7) is 2.17. The van der Waals surface area contributed by atoms with E-state index in [1.807, 2.05) is 48.5 Å². The first-order chi connectivity index (χ1) is 17.1. The maximum atomic E-state index is 12.6. The van der Waals surface area contributed by atoms with Crippen molar-refractivity contribution in [3.8, 4) is 39.8 Å². The molecule has 0 unspecified atom stereocenters. The van der Waals surface area contributed by atoms with Gasteiger partial charge in [-0.2, -0.15) is 0 Å². The Morgan fingerprint density at radius 3 is 2.26 bits per heavy atom. The molecule has 2 aromatic heterocycles. The maximum Gasteiger partial charge on any atom is 0.349 e. The van der Waals surface area contributed by atoms with Gasteiger partial charge in [0.2, 0.25) is 5.89 Å². The first-order valence-corrected chi connectivity index (χ1v) is 11.9. The fraction of sp³-hybridized carbons (Fsp3) is 0.207. The topological polar surface area (TPSA) is 89.4 Å². The second-order valence-corrected chi connectivity index (χ2v) is 8.63. The largest absolute Gasteiger partial charge is 0.508 e. The highest BCUT2D eigenvalue weighted by Crippen LogP contribution is 2.30. The molecule has 0 saturated carbocycles. The third kappa shape index (κ3) is 4.87. The first-order valence-electron chi connectivity index (χ1n) is 11.9. The monoisotopic (exact) mass is 466 g/mol. The Labute approximate surface area is 202 Å². The van der Waals surface area contributed by atoms with Crippen LogP contribution in [0.4, 0.5) is 0 Å². The van der Waals surface area contributed by atoms with E-state index < -0.39 is 5.63 Å². The van der Waals surface area contributed by atoms with Crippen molar-refractivity contribution in [3.05, 3.63) is 88.8 Å². The summed E-state index contributed by atoms with van der Waals surface area (Å²) in [5.41, 5.74) is 3.71. The van der Waals surface area contributed by atoms with Gasteiger partial charge in [0, 0.05) is 17.0 Å². The SMILES string of the molecule is CCCCCCc1cc2cc(-c3nnc(-c4ccc(-c5ccccc5)cc4)o3)c(=O)oc2cc1O. The van der Waals surface area contributed by atoms with Crippen LogP contribution in [0.15, 0.2) is 86.4 Å². The summed E-state index contributed by atoms with van der Waals surface area (Å²) in [6, 6.07) is 23.0. The average molecular weight is 467 g/mol. The highest BCUT2D eigenvalue weighted by molar-refractivity contribution is 5.82. The summed E-state index contributed by atoms with van der Waals surface area (Å²) in [7, 11) is 0. The number of fused-ring (bicyclic) bond motifs is 1. The summed E-state index contributed by atoms with van der Waals surface area (Å²) in [5, 5.41) is 19.3. The number of hydrogen-bond acceptors (Lipinski definition) is 6. The summed E-state index contributed by atoms with van der Waals surface area (Å²) in [6.07, 6.45) is 5.19. The molecule has 0 amide bonds. The van der Waals surface area contributed by atoms with Crippen LogP contribution in [0.5, 0.6) is 5.75 Å². The van der Waals surface area contributed by atoms with Crippen molar-refractivity contribution in [2.75, 3.05) is 0 Å². The fourth-order valence-electron chi connectivity index (χ4n) is 4.18. The van der Waals surface area contributed by atoms with E-state index >= 15 is 0 Å². The molecule has 0 radical (unpaired) electrons. The van der Waals surface area contributed by atoms with Crippen LogP contribution in [0.25, 0.3) is 45.0 Å². The van der Waals surface area contributed by atoms with Crippen molar-refractivity contribution in [1.29, 1.82) is 0 Å². The third-order valence-corrected chi connectivity index (χ3v) is 6.13. The molecule has 2 heterocycles. The molecule has 0 fully saturated rings. The Kier molecular flexibility index (Phi) is 6.44. The van der Waals surface area contributed by atoms with E-state index in [-0.39, 0.29) is 17.2 Å². The number of aryl methyl sites for hydroxylation is 1. The lowest BCUT2D eigenvalue weighted by Gasteiger charge is -2.07. The zero-order valence-electron chi connectivity index (χ0n) is 19.5. The van der Waals surface area contributed by atoms with Gasteiger partial charge in [0.05, 0.1) is 0 Å². The second-order valence-electron chi connectivity index (χ2n) is 8.63. The number of phenols is 1. The molecule has 1 N–H and O–H groups in total. The molecule has 35 heavy (non-hydrogen) atoms. The molecule has 0 atom stereocenters. The number of rotatable bonds is 8. The van der Waals surface area contributed by atoms with E-state index in [1.54, 1.807) is 6.07 Å². The van der Waals surface area contributed by atoms with E-state index in [9.17, 15) is 9.90 Å². The van der Waals surface area contributed by atoms with Gasteiger partial charge in [-0.1, -0.05) is 68.7 Å². The molecule has 3 aromatic carbocycles. The predicted molar refractivity (Wildman–Crippen MR) is 136 cm³/mol. The van der Waals surface area contributed by atoms with E-state index in [0.29, 0.717) is 16.9 Å². The van der Waals surface area contributed by atoms with E-state index in [0.717, 1.165) is 47.9 Å². The Morgan fingerprint density at radius 1 is 0.771 bits per heavy atom. The van der Waals surface area contributed by atoms with Crippen molar-refractivity contribution in [2.45, 2.75) is 39.0 Å². The quantitative estimate of drug-likeness (QED) is 0.195. The number of benzene rings is 3. The smallest absolute Gasteiger partial charge is 0.349 e. The zero-order chi connectivity index (χ0) is 24.2. The van der Waals surface area contributed by atoms with Crippen molar-refractivity contribution >= 4 is 11.0 Å². The van der Waals surface area contributed by atoms with Gasteiger partial charge in [0.1, 0.15) is 16.9 Å². The van der Waals surface area contributed by atoms with Gasteiger partial charge >= 0.3 is 5.63 Å². The molecule has 6 nitrogen and oxygen atoms in total. The molecular formula is C29H26N2O4. The minimum Gasteiger partial charge on any atom is -0.508 e. The van der Waals surface area contributed by atoms with Gasteiger partial charge < -0.3 is 13.9 Å². The molecule has 0 aliphatic rings. The van der Waals surface area contributed by atoms with Crippen LogP contribution in [0.3, 0.4) is 0 Å². The molecule has 176 valence electrons. The number of aromatic hydroxyl groups is 1. The Hall–Kier alpha value is -4.19. The highest BCUT2D eigenvalue weighted by atomic mass is 16.4. The summed E-state index contributed by atoms with van der Waals surface area (Å²) in [4.78, 5) is 12.6. The molecule has 5 aromatic rings. The standard InChI is InChI=1S/C29H26N2O4/c1-2-3-4-6-11-22-16-23-17-24(29(33)34-26(23)18-25(22)32)28-31-30-27(35-28)21-14-12-20(13-15-21)19-9-7-5-8-10-19/h5,7-10,12-18,32H,2-4,6,11H2,1H3. The Morgan fingerprint density at radius 2 is 1.49 bits per heavy atom. The van der Waals surface area contributed by atoms with E-state index in [2.05, 4.69) is 29.3 Å². The van der Waals surface area contributed by atoms with Crippen LogP contribution < -0.4 is 5.63 Å². The van der Waals surface area contributed by atoms with Crippen LogP contribution in [-0.4, -0.2) is 15.3 Å². The van der Waals surface area contributed by atoms with Crippen LogP contribution in [0.2, 0.25) is 0 Å². The summed E-state index contributed by atoms with van der Waals surface area (Å²) in [5.74, 6) is 0.561. The van der Waals surface area contributed by atoms with Gasteiger partial charge in [-0.25, -0.2) is 4.79 Å². The molecule has 0 aliphatic carbocycles. The Balaban J connectivity index is 1.42. The van der Waals surface area contributed by atoms with Crippen LogP contribution in [0, 0.1) is 0 Å². The van der Waals surface area contributed by atoms with E-state index in [1.165, 1.54) is 12.5 Å². The van der Waals surface area contributed by atoms with E-state index in [4.69, 9.17) is 8.83 Å². The molecule has 0 saturated heterocycles. The molecule has 0 aliphatic heterocycles. The highest BCUT2D eigenvalue weighted by Gasteiger charge is 2.17. The third-order valence-electron chi connectivity index (χ3n) is 6.13. The zero-order valence-corrected chi connectivity index (χ0v) is 19.5. The molecule has 0 spiro atoms. The second kappa shape index (κ2) is 9.97. The van der Waals surface area contributed by atoms with Gasteiger partial charge in [-0.3, -0.25) is 0 Å². The lowest BCUT2D eigenvalue weighted by Crippen LogP contribution is -2.03. The minimum absolute atomic E-state index is 0.0976. The number of phenolic OH excluding ortho intramolecular Hbond substituents is 1.